The molecule has 0 N–H and O–H groups in total. The van der Waals surface area contributed by atoms with Crippen LogP contribution in [0.15, 0.2) is 29.2 Å². The van der Waals surface area contributed by atoms with Crippen LogP contribution in [0.3, 0.4) is 0 Å². The van der Waals surface area contributed by atoms with Gasteiger partial charge in [-0.15, -0.1) is 11.6 Å². The molecule has 20 heavy (non-hydrogen) atoms. The SMILES string of the molecule is Cc1nn(C)c(Oc2ccc(S(C)(=O)=O)cc2)c1CCl. The molecule has 2 rings (SSSR count). The minimum Gasteiger partial charge on any atom is -0.439 e. The van der Waals surface area contributed by atoms with E-state index in [0.29, 0.717) is 17.5 Å². The molecule has 108 valence electrons. The molecule has 0 bridgehead atoms. The molecule has 1 aromatic heterocycles. The number of aryl methyl sites for hydroxylation is 2. The summed E-state index contributed by atoms with van der Waals surface area (Å²) in [7, 11) is -1.44. The third-order valence-electron chi connectivity index (χ3n) is 2.89. The van der Waals surface area contributed by atoms with Gasteiger partial charge in [0.15, 0.2) is 9.84 Å². The van der Waals surface area contributed by atoms with Gasteiger partial charge in [-0.2, -0.15) is 5.10 Å². The fraction of sp³-hybridized carbons (Fsp3) is 0.308. The minimum absolute atomic E-state index is 0.253. The van der Waals surface area contributed by atoms with Crippen molar-refractivity contribution in [2.75, 3.05) is 6.26 Å². The second-order valence-electron chi connectivity index (χ2n) is 4.47. The van der Waals surface area contributed by atoms with Gasteiger partial charge >= 0.3 is 0 Å². The number of nitrogens with zero attached hydrogens (tertiary/aromatic N) is 2. The lowest BCUT2D eigenvalue weighted by Crippen LogP contribution is -1.98. The number of hydrogen-bond donors (Lipinski definition) is 0. The molecule has 0 amide bonds. The summed E-state index contributed by atoms with van der Waals surface area (Å²) in [6.45, 7) is 1.86. The first kappa shape index (κ1) is 14.9. The zero-order chi connectivity index (χ0) is 14.9. The lowest BCUT2D eigenvalue weighted by molar-refractivity contribution is 0.427. The largest absolute Gasteiger partial charge is 0.439 e. The Bertz CT molecular complexity index is 721. The zero-order valence-electron chi connectivity index (χ0n) is 11.4. The first-order chi connectivity index (χ1) is 9.32. The highest BCUT2D eigenvalue weighted by molar-refractivity contribution is 7.90. The van der Waals surface area contributed by atoms with Crippen molar-refractivity contribution in [1.29, 1.82) is 0 Å². The second kappa shape index (κ2) is 5.46. The molecule has 2 aromatic rings. The molecule has 1 heterocycles. The predicted octanol–water partition coefficient (Wildman–Crippen LogP) is 2.66. The van der Waals surface area contributed by atoms with Gasteiger partial charge in [-0.25, -0.2) is 13.1 Å². The molecule has 0 atom stereocenters. The van der Waals surface area contributed by atoms with Crippen LogP contribution in [0.5, 0.6) is 11.6 Å². The van der Waals surface area contributed by atoms with Gasteiger partial charge in [0.05, 0.1) is 22.0 Å². The molecule has 0 aliphatic rings. The summed E-state index contributed by atoms with van der Waals surface area (Å²) in [5, 5.41) is 4.25. The average molecular weight is 315 g/mol. The Morgan fingerprint density at radius 3 is 2.40 bits per heavy atom. The number of hydrogen-bond acceptors (Lipinski definition) is 4. The maximum atomic E-state index is 11.4. The van der Waals surface area contributed by atoms with E-state index in [4.69, 9.17) is 16.3 Å². The van der Waals surface area contributed by atoms with Gasteiger partial charge in [-0.05, 0) is 31.2 Å². The van der Waals surface area contributed by atoms with Crippen molar-refractivity contribution in [2.45, 2.75) is 17.7 Å². The number of aromatic nitrogens is 2. The van der Waals surface area contributed by atoms with E-state index in [1.807, 2.05) is 6.92 Å². The molecule has 0 spiro atoms. The molecule has 7 heteroatoms. The van der Waals surface area contributed by atoms with E-state index < -0.39 is 9.84 Å². The van der Waals surface area contributed by atoms with E-state index in [0.717, 1.165) is 11.3 Å². The molecule has 0 unspecified atom stereocenters. The minimum atomic E-state index is -3.20. The molecule has 0 radical (unpaired) electrons. The third-order valence-corrected chi connectivity index (χ3v) is 4.28. The topological polar surface area (TPSA) is 61.2 Å². The summed E-state index contributed by atoms with van der Waals surface area (Å²) in [5.74, 6) is 1.40. The maximum Gasteiger partial charge on any atom is 0.222 e. The summed E-state index contributed by atoms with van der Waals surface area (Å²) in [4.78, 5) is 0.253. The predicted molar refractivity (Wildman–Crippen MR) is 77.1 cm³/mol. The van der Waals surface area contributed by atoms with Crippen LogP contribution in [0.2, 0.25) is 0 Å². The Kier molecular flexibility index (Phi) is 4.06. The first-order valence-corrected chi connectivity index (χ1v) is 8.32. The quantitative estimate of drug-likeness (QED) is 0.814. The van der Waals surface area contributed by atoms with Crippen LogP contribution in [-0.2, 0) is 22.8 Å². The molecular weight excluding hydrogens is 300 g/mol. The number of halogens is 1. The van der Waals surface area contributed by atoms with E-state index in [-0.39, 0.29) is 4.90 Å². The Balaban J connectivity index is 2.32. The first-order valence-electron chi connectivity index (χ1n) is 5.89. The van der Waals surface area contributed by atoms with E-state index in [9.17, 15) is 8.42 Å². The lowest BCUT2D eigenvalue weighted by Gasteiger charge is -2.08. The molecule has 0 saturated carbocycles. The monoisotopic (exact) mass is 314 g/mol. The fourth-order valence-electron chi connectivity index (χ4n) is 1.83. The molecule has 1 aromatic carbocycles. The van der Waals surface area contributed by atoms with E-state index >= 15 is 0 Å². The average Bonchev–Trinajstić information content (AvgIpc) is 2.63. The van der Waals surface area contributed by atoms with Crippen LogP contribution in [0.4, 0.5) is 0 Å². The van der Waals surface area contributed by atoms with E-state index in [2.05, 4.69) is 5.10 Å². The standard InChI is InChI=1S/C13H15ClN2O3S/c1-9-12(8-14)13(16(2)15-9)19-10-4-6-11(7-5-10)20(3,17)18/h4-7H,8H2,1-3H3. The van der Waals surface area contributed by atoms with Gasteiger partial charge in [0.25, 0.3) is 0 Å². The highest BCUT2D eigenvalue weighted by atomic mass is 35.5. The lowest BCUT2D eigenvalue weighted by atomic mass is 10.3. The number of rotatable bonds is 4. The van der Waals surface area contributed by atoms with Crippen LogP contribution < -0.4 is 4.74 Å². The number of alkyl halides is 1. The maximum absolute atomic E-state index is 11.4. The summed E-state index contributed by atoms with van der Waals surface area (Å²) in [5.41, 5.74) is 1.63. The van der Waals surface area contributed by atoms with Gasteiger partial charge in [-0.1, -0.05) is 0 Å². The van der Waals surface area contributed by atoms with Crippen LogP contribution in [0.25, 0.3) is 0 Å². The Labute approximate surface area is 123 Å². The van der Waals surface area contributed by atoms with Gasteiger partial charge in [0, 0.05) is 13.3 Å². The van der Waals surface area contributed by atoms with Crippen LogP contribution in [-0.4, -0.2) is 24.5 Å². The van der Waals surface area contributed by atoms with Gasteiger partial charge in [0.1, 0.15) is 5.75 Å². The normalized spacial score (nSPS) is 11.6. The van der Waals surface area contributed by atoms with Crippen molar-refractivity contribution >= 4 is 21.4 Å². The molecule has 0 fully saturated rings. The molecule has 5 nitrogen and oxygen atoms in total. The van der Waals surface area contributed by atoms with Crippen molar-refractivity contribution in [1.82, 2.24) is 9.78 Å². The smallest absolute Gasteiger partial charge is 0.222 e. The highest BCUT2D eigenvalue weighted by Crippen LogP contribution is 2.28. The molecule has 0 aliphatic carbocycles. The molecule has 0 saturated heterocycles. The fourth-order valence-corrected chi connectivity index (χ4v) is 2.77. The summed E-state index contributed by atoms with van der Waals surface area (Å²) in [6.07, 6.45) is 1.17. The summed E-state index contributed by atoms with van der Waals surface area (Å²) >= 11 is 5.89. The number of ether oxygens (including phenoxy) is 1. The van der Waals surface area contributed by atoms with Crippen LogP contribution in [0.1, 0.15) is 11.3 Å². The highest BCUT2D eigenvalue weighted by Gasteiger charge is 2.15. The Hall–Kier alpha value is -1.53. The van der Waals surface area contributed by atoms with Crippen LogP contribution in [0, 0.1) is 6.92 Å². The van der Waals surface area contributed by atoms with Gasteiger partial charge in [0.2, 0.25) is 5.88 Å². The van der Waals surface area contributed by atoms with Crippen molar-refractivity contribution in [3.63, 3.8) is 0 Å². The van der Waals surface area contributed by atoms with E-state index in [1.54, 1.807) is 23.9 Å². The summed E-state index contributed by atoms with van der Waals surface area (Å²) < 4.78 is 30.1. The Morgan fingerprint density at radius 2 is 1.90 bits per heavy atom. The Morgan fingerprint density at radius 1 is 1.30 bits per heavy atom. The van der Waals surface area contributed by atoms with Crippen molar-refractivity contribution in [3.8, 4) is 11.6 Å². The third kappa shape index (κ3) is 2.96. The van der Waals surface area contributed by atoms with Crippen LogP contribution >= 0.6 is 11.6 Å². The zero-order valence-corrected chi connectivity index (χ0v) is 13.0. The molecule has 0 aliphatic heterocycles. The van der Waals surface area contributed by atoms with Gasteiger partial charge in [-0.3, -0.25) is 0 Å². The molecular formula is C13H15ClN2O3S. The van der Waals surface area contributed by atoms with Gasteiger partial charge < -0.3 is 4.74 Å². The number of sulfone groups is 1. The van der Waals surface area contributed by atoms with Crippen molar-refractivity contribution in [3.05, 3.63) is 35.5 Å². The second-order valence-corrected chi connectivity index (χ2v) is 6.75. The number of benzene rings is 1. The van der Waals surface area contributed by atoms with Crippen molar-refractivity contribution < 1.29 is 13.2 Å². The van der Waals surface area contributed by atoms with Crippen molar-refractivity contribution in [2.24, 2.45) is 7.05 Å². The van der Waals surface area contributed by atoms with E-state index in [1.165, 1.54) is 18.4 Å². The summed E-state index contributed by atoms with van der Waals surface area (Å²) in [6, 6.07) is 6.23.